The average molecular weight is 404 g/mol. The van der Waals surface area contributed by atoms with E-state index >= 15 is 0 Å². The van der Waals surface area contributed by atoms with Gasteiger partial charge in [0.2, 0.25) is 0 Å². The summed E-state index contributed by atoms with van der Waals surface area (Å²) in [7, 11) is 0. The first-order valence-electron chi connectivity index (χ1n) is 11.6. The lowest BCUT2D eigenvalue weighted by molar-refractivity contribution is -0.148. The molecular formula is C27H33NO2. The molecule has 1 heterocycles. The van der Waals surface area contributed by atoms with Gasteiger partial charge in [-0.15, -0.1) is 6.58 Å². The van der Waals surface area contributed by atoms with Gasteiger partial charge in [0, 0.05) is 31.2 Å². The SMILES string of the molecule is C=C[C@]12CC[C@H](OC(C)=O)CC1=CC[C@@H]1C2CC[C@]2(C)C(c3cccnc3)=CCC12. The highest BCUT2D eigenvalue weighted by atomic mass is 16.5. The monoisotopic (exact) mass is 403 g/mol. The highest BCUT2D eigenvalue weighted by Crippen LogP contribution is 2.66. The van der Waals surface area contributed by atoms with Gasteiger partial charge >= 0.3 is 5.97 Å². The fourth-order valence-electron chi connectivity index (χ4n) is 7.59. The Bertz CT molecular complexity index is 916. The number of carbonyl (C=O) groups is 1. The van der Waals surface area contributed by atoms with Crippen molar-refractivity contribution in [1.29, 1.82) is 0 Å². The lowest BCUT2D eigenvalue weighted by Crippen LogP contribution is -2.50. The zero-order valence-corrected chi connectivity index (χ0v) is 18.3. The Hall–Kier alpha value is -2.16. The number of ether oxygens (including phenoxy) is 1. The number of hydrogen-bond acceptors (Lipinski definition) is 3. The van der Waals surface area contributed by atoms with Crippen LogP contribution in [-0.2, 0) is 9.53 Å². The molecular weight excluding hydrogens is 370 g/mol. The Labute approximate surface area is 180 Å². The van der Waals surface area contributed by atoms with Crippen molar-refractivity contribution in [2.24, 2.45) is 28.6 Å². The summed E-state index contributed by atoms with van der Waals surface area (Å²) in [6, 6.07) is 4.28. The van der Waals surface area contributed by atoms with Gasteiger partial charge in [-0.3, -0.25) is 9.78 Å². The molecule has 5 rings (SSSR count). The fraction of sp³-hybridized carbons (Fsp3) is 0.556. The van der Waals surface area contributed by atoms with Crippen LogP contribution in [0.4, 0.5) is 0 Å². The van der Waals surface area contributed by atoms with Gasteiger partial charge in [-0.1, -0.05) is 36.8 Å². The first-order chi connectivity index (χ1) is 14.5. The summed E-state index contributed by atoms with van der Waals surface area (Å²) < 4.78 is 5.59. The summed E-state index contributed by atoms with van der Waals surface area (Å²) in [5.74, 6) is 1.88. The van der Waals surface area contributed by atoms with E-state index in [4.69, 9.17) is 4.74 Å². The normalized spacial score (nSPS) is 39.7. The van der Waals surface area contributed by atoms with E-state index < -0.39 is 0 Å². The number of aromatic nitrogens is 1. The minimum absolute atomic E-state index is 0.0394. The van der Waals surface area contributed by atoms with E-state index in [9.17, 15) is 4.79 Å². The molecule has 0 N–H and O–H groups in total. The van der Waals surface area contributed by atoms with Crippen molar-refractivity contribution in [3.8, 4) is 0 Å². The molecule has 0 aromatic carbocycles. The molecule has 0 amide bonds. The molecule has 30 heavy (non-hydrogen) atoms. The van der Waals surface area contributed by atoms with Crippen molar-refractivity contribution in [2.75, 3.05) is 0 Å². The predicted octanol–water partition coefficient (Wildman–Crippen LogP) is 6.14. The lowest BCUT2D eigenvalue weighted by Gasteiger charge is -2.58. The number of pyridine rings is 1. The number of hydrogen-bond donors (Lipinski definition) is 0. The zero-order chi connectivity index (χ0) is 20.9. The highest BCUT2D eigenvalue weighted by Gasteiger charge is 2.57. The number of fused-ring (bicyclic) bond motifs is 5. The Morgan fingerprint density at radius 1 is 1.23 bits per heavy atom. The van der Waals surface area contributed by atoms with Gasteiger partial charge < -0.3 is 4.74 Å². The second-order valence-electron chi connectivity index (χ2n) is 10.1. The van der Waals surface area contributed by atoms with Gasteiger partial charge in [-0.2, -0.15) is 0 Å². The van der Waals surface area contributed by atoms with Crippen molar-refractivity contribution in [1.82, 2.24) is 4.98 Å². The first kappa shape index (κ1) is 19.8. The molecule has 0 radical (unpaired) electrons. The van der Waals surface area contributed by atoms with Crippen LogP contribution in [0.15, 0.2) is 54.9 Å². The molecule has 0 bridgehead atoms. The van der Waals surface area contributed by atoms with Crippen LogP contribution in [0.1, 0.15) is 64.4 Å². The standard InChI is InChI=1S/C27H33NO2/c1-4-27-14-11-21(30-18(2)29)16-20(27)7-8-22-24-10-9-23(19-6-5-15-28-17-19)26(24,3)13-12-25(22)27/h4-7,9,15,17,21-22,24-25H,1,8,10-14,16H2,2-3H3/t21-,22-,24?,25?,26+,27-/m0/s1. The second kappa shape index (κ2) is 7.21. The van der Waals surface area contributed by atoms with Crippen molar-refractivity contribution in [2.45, 2.75) is 64.9 Å². The van der Waals surface area contributed by atoms with Gasteiger partial charge in [0.15, 0.2) is 0 Å². The molecule has 3 nitrogen and oxygen atoms in total. The number of nitrogens with zero attached hydrogens (tertiary/aromatic N) is 1. The van der Waals surface area contributed by atoms with Crippen LogP contribution < -0.4 is 0 Å². The predicted molar refractivity (Wildman–Crippen MR) is 119 cm³/mol. The van der Waals surface area contributed by atoms with Crippen molar-refractivity contribution in [3.05, 3.63) is 60.5 Å². The zero-order valence-electron chi connectivity index (χ0n) is 18.3. The summed E-state index contributed by atoms with van der Waals surface area (Å²) in [5, 5.41) is 0. The maximum atomic E-state index is 11.5. The van der Waals surface area contributed by atoms with Gasteiger partial charge in [-0.05, 0) is 78.9 Å². The van der Waals surface area contributed by atoms with E-state index in [0.717, 1.165) is 25.7 Å². The number of esters is 1. The Morgan fingerprint density at radius 2 is 2.10 bits per heavy atom. The molecule has 158 valence electrons. The van der Waals surface area contributed by atoms with Crippen molar-refractivity contribution < 1.29 is 9.53 Å². The Balaban J connectivity index is 1.44. The summed E-state index contributed by atoms with van der Waals surface area (Å²) in [6.07, 6.45) is 18.9. The van der Waals surface area contributed by atoms with E-state index in [0.29, 0.717) is 17.8 Å². The van der Waals surface area contributed by atoms with Crippen LogP contribution in [0.3, 0.4) is 0 Å². The molecule has 0 saturated heterocycles. The van der Waals surface area contributed by atoms with Crippen molar-refractivity contribution in [3.63, 3.8) is 0 Å². The molecule has 0 aliphatic heterocycles. The quantitative estimate of drug-likeness (QED) is 0.450. The second-order valence-corrected chi connectivity index (χ2v) is 10.1. The van der Waals surface area contributed by atoms with Gasteiger partial charge in [0.1, 0.15) is 6.10 Å². The maximum absolute atomic E-state index is 11.5. The van der Waals surface area contributed by atoms with Gasteiger partial charge in [0.25, 0.3) is 0 Å². The van der Waals surface area contributed by atoms with Crippen LogP contribution >= 0.6 is 0 Å². The van der Waals surface area contributed by atoms with Crippen molar-refractivity contribution >= 4 is 11.5 Å². The molecule has 2 fully saturated rings. The minimum Gasteiger partial charge on any atom is -0.462 e. The summed E-state index contributed by atoms with van der Waals surface area (Å²) >= 11 is 0. The number of rotatable bonds is 3. The van der Waals surface area contributed by atoms with E-state index in [2.05, 4.69) is 48.8 Å². The van der Waals surface area contributed by atoms with Gasteiger partial charge in [-0.25, -0.2) is 0 Å². The maximum Gasteiger partial charge on any atom is 0.302 e. The molecule has 1 aromatic rings. The minimum atomic E-state index is -0.159. The Morgan fingerprint density at radius 3 is 2.83 bits per heavy atom. The highest BCUT2D eigenvalue weighted by molar-refractivity contribution is 5.72. The van der Waals surface area contributed by atoms with E-state index in [1.165, 1.54) is 42.9 Å². The van der Waals surface area contributed by atoms with E-state index in [1.807, 2.05) is 12.4 Å². The van der Waals surface area contributed by atoms with E-state index in [-0.39, 0.29) is 22.9 Å². The smallest absolute Gasteiger partial charge is 0.302 e. The van der Waals surface area contributed by atoms with E-state index in [1.54, 1.807) is 0 Å². The van der Waals surface area contributed by atoms with Crippen LogP contribution in [0.5, 0.6) is 0 Å². The third kappa shape index (κ3) is 2.85. The number of carbonyl (C=O) groups excluding carboxylic acids is 1. The topological polar surface area (TPSA) is 39.2 Å². The van der Waals surface area contributed by atoms with Crippen LogP contribution in [-0.4, -0.2) is 17.1 Å². The molecule has 4 aliphatic rings. The molecule has 4 aliphatic carbocycles. The number of allylic oxidation sites excluding steroid dienone is 4. The lowest BCUT2D eigenvalue weighted by atomic mass is 9.47. The average Bonchev–Trinajstić information content (AvgIpc) is 3.11. The summed E-state index contributed by atoms with van der Waals surface area (Å²) in [5.41, 5.74) is 4.64. The largest absolute Gasteiger partial charge is 0.462 e. The Kier molecular flexibility index (Phi) is 4.76. The van der Waals surface area contributed by atoms with Crippen LogP contribution in [0, 0.1) is 28.6 Å². The third-order valence-electron chi connectivity index (χ3n) is 8.91. The molecule has 0 spiro atoms. The van der Waals surface area contributed by atoms with Crippen LogP contribution in [0.25, 0.3) is 5.57 Å². The third-order valence-corrected chi connectivity index (χ3v) is 8.91. The molecule has 2 saturated carbocycles. The summed E-state index contributed by atoms with van der Waals surface area (Å²) in [4.78, 5) is 15.9. The van der Waals surface area contributed by atoms with Gasteiger partial charge in [0.05, 0.1) is 0 Å². The fourth-order valence-corrected chi connectivity index (χ4v) is 7.59. The first-order valence-corrected chi connectivity index (χ1v) is 11.6. The molecule has 3 heteroatoms. The molecule has 1 aromatic heterocycles. The molecule has 6 atom stereocenters. The van der Waals surface area contributed by atoms with Crippen LogP contribution in [0.2, 0.25) is 0 Å². The summed E-state index contributed by atoms with van der Waals surface area (Å²) in [6.45, 7) is 8.35. The molecule has 2 unspecified atom stereocenters.